The fourth-order valence-corrected chi connectivity index (χ4v) is 1.80. The van der Waals surface area contributed by atoms with Crippen LogP contribution in [-0.2, 0) is 6.54 Å². The Bertz CT molecular complexity index is 497. The number of methoxy groups -OCH3 is 1. The lowest BCUT2D eigenvalue weighted by Gasteiger charge is -2.09. The summed E-state index contributed by atoms with van der Waals surface area (Å²) in [5.74, 6) is 0.863. The second-order valence-electron chi connectivity index (χ2n) is 3.76. The molecule has 0 radical (unpaired) electrons. The third kappa shape index (κ3) is 2.63. The van der Waals surface area contributed by atoms with Crippen molar-refractivity contribution in [3.8, 4) is 16.9 Å². The van der Waals surface area contributed by atoms with E-state index in [1.807, 2.05) is 37.5 Å². The Labute approximate surface area is 101 Å². The van der Waals surface area contributed by atoms with Crippen LogP contribution in [0.15, 0.2) is 42.6 Å². The van der Waals surface area contributed by atoms with Gasteiger partial charge in [-0.15, -0.1) is 0 Å². The van der Waals surface area contributed by atoms with E-state index in [2.05, 4.69) is 22.4 Å². The van der Waals surface area contributed by atoms with E-state index >= 15 is 0 Å². The number of benzene rings is 1. The van der Waals surface area contributed by atoms with Crippen LogP contribution >= 0.6 is 0 Å². The lowest BCUT2D eigenvalue weighted by Crippen LogP contribution is -2.08. The number of nitrogens with one attached hydrogen (secondary N) is 1. The first-order chi connectivity index (χ1) is 8.35. The van der Waals surface area contributed by atoms with Gasteiger partial charge in [0.25, 0.3) is 0 Å². The molecule has 0 unspecified atom stereocenters. The molecule has 0 saturated carbocycles. The molecule has 3 nitrogen and oxygen atoms in total. The average molecular weight is 228 g/mol. The van der Waals surface area contributed by atoms with E-state index in [1.54, 1.807) is 7.11 Å². The maximum atomic E-state index is 5.24. The van der Waals surface area contributed by atoms with Crippen molar-refractivity contribution in [2.75, 3.05) is 14.2 Å². The summed E-state index contributed by atoms with van der Waals surface area (Å²) in [6, 6.07) is 12.1. The molecule has 1 aromatic heterocycles. The van der Waals surface area contributed by atoms with Crippen LogP contribution in [0.5, 0.6) is 5.75 Å². The molecule has 0 aliphatic heterocycles. The van der Waals surface area contributed by atoms with Gasteiger partial charge in [-0.05, 0) is 30.8 Å². The van der Waals surface area contributed by atoms with Crippen molar-refractivity contribution < 1.29 is 4.74 Å². The van der Waals surface area contributed by atoms with Crippen LogP contribution in [0.3, 0.4) is 0 Å². The molecule has 0 aliphatic carbocycles. The number of hydrogen-bond acceptors (Lipinski definition) is 3. The topological polar surface area (TPSA) is 34.2 Å². The zero-order chi connectivity index (χ0) is 12.1. The van der Waals surface area contributed by atoms with Crippen LogP contribution in [0.4, 0.5) is 0 Å². The molecule has 0 bridgehead atoms. The van der Waals surface area contributed by atoms with Crippen molar-refractivity contribution in [2.24, 2.45) is 0 Å². The molecule has 88 valence electrons. The predicted molar refractivity (Wildman–Crippen MR) is 69.0 cm³/mol. The normalized spacial score (nSPS) is 10.2. The Morgan fingerprint density at radius 3 is 2.88 bits per heavy atom. The van der Waals surface area contributed by atoms with Gasteiger partial charge in [0.15, 0.2) is 0 Å². The Morgan fingerprint density at radius 2 is 2.12 bits per heavy atom. The molecule has 1 N–H and O–H groups in total. The summed E-state index contributed by atoms with van der Waals surface area (Å²) in [6.45, 7) is 0.757. The summed E-state index contributed by atoms with van der Waals surface area (Å²) >= 11 is 0. The smallest absolute Gasteiger partial charge is 0.119 e. The SMILES string of the molecule is CNCc1ncccc1-c1cccc(OC)c1. The van der Waals surface area contributed by atoms with Gasteiger partial charge in [0.05, 0.1) is 12.8 Å². The van der Waals surface area contributed by atoms with Gasteiger partial charge in [-0.25, -0.2) is 0 Å². The fraction of sp³-hybridized carbons (Fsp3) is 0.214. The van der Waals surface area contributed by atoms with E-state index in [4.69, 9.17) is 4.74 Å². The van der Waals surface area contributed by atoms with Gasteiger partial charge >= 0.3 is 0 Å². The maximum absolute atomic E-state index is 5.24. The van der Waals surface area contributed by atoms with Crippen molar-refractivity contribution in [1.82, 2.24) is 10.3 Å². The van der Waals surface area contributed by atoms with Crippen molar-refractivity contribution in [1.29, 1.82) is 0 Å². The lowest BCUT2D eigenvalue weighted by molar-refractivity contribution is 0.415. The summed E-state index contributed by atoms with van der Waals surface area (Å²) in [5, 5.41) is 3.13. The highest BCUT2D eigenvalue weighted by molar-refractivity contribution is 5.67. The molecule has 0 atom stereocenters. The number of pyridine rings is 1. The summed E-state index contributed by atoms with van der Waals surface area (Å²) in [5.41, 5.74) is 3.31. The summed E-state index contributed by atoms with van der Waals surface area (Å²) in [4.78, 5) is 4.40. The molecule has 1 heterocycles. The fourth-order valence-electron chi connectivity index (χ4n) is 1.80. The molecular weight excluding hydrogens is 212 g/mol. The first-order valence-corrected chi connectivity index (χ1v) is 5.58. The maximum Gasteiger partial charge on any atom is 0.119 e. The molecule has 0 spiro atoms. The van der Waals surface area contributed by atoms with Crippen molar-refractivity contribution >= 4 is 0 Å². The van der Waals surface area contributed by atoms with Crippen LogP contribution in [-0.4, -0.2) is 19.1 Å². The van der Waals surface area contributed by atoms with Gasteiger partial charge in [0, 0.05) is 18.3 Å². The van der Waals surface area contributed by atoms with E-state index in [0.717, 1.165) is 29.1 Å². The molecule has 3 heteroatoms. The third-order valence-corrected chi connectivity index (χ3v) is 2.62. The largest absolute Gasteiger partial charge is 0.497 e. The molecule has 1 aromatic carbocycles. The quantitative estimate of drug-likeness (QED) is 0.873. The molecule has 2 rings (SSSR count). The summed E-state index contributed by atoms with van der Waals surface area (Å²) < 4.78 is 5.24. The monoisotopic (exact) mass is 228 g/mol. The summed E-state index contributed by atoms with van der Waals surface area (Å²) in [7, 11) is 3.60. The average Bonchev–Trinajstić information content (AvgIpc) is 2.40. The highest BCUT2D eigenvalue weighted by Crippen LogP contribution is 2.25. The number of aromatic nitrogens is 1. The van der Waals surface area contributed by atoms with Gasteiger partial charge in [-0.1, -0.05) is 18.2 Å². The Kier molecular flexibility index (Phi) is 3.73. The minimum absolute atomic E-state index is 0.757. The highest BCUT2D eigenvalue weighted by Gasteiger charge is 2.05. The van der Waals surface area contributed by atoms with E-state index < -0.39 is 0 Å². The van der Waals surface area contributed by atoms with Crippen molar-refractivity contribution in [3.63, 3.8) is 0 Å². The first kappa shape index (κ1) is 11.6. The minimum atomic E-state index is 0.757. The molecular formula is C14H16N2O. The number of hydrogen-bond donors (Lipinski definition) is 1. The van der Waals surface area contributed by atoms with Crippen molar-refractivity contribution in [2.45, 2.75) is 6.54 Å². The van der Waals surface area contributed by atoms with Crippen LogP contribution in [0.25, 0.3) is 11.1 Å². The first-order valence-electron chi connectivity index (χ1n) is 5.58. The van der Waals surface area contributed by atoms with Crippen LogP contribution < -0.4 is 10.1 Å². The van der Waals surface area contributed by atoms with E-state index in [0.29, 0.717) is 0 Å². The Balaban J connectivity index is 2.44. The molecule has 0 aliphatic rings. The number of rotatable bonds is 4. The molecule has 17 heavy (non-hydrogen) atoms. The standard InChI is InChI=1S/C14H16N2O/c1-15-10-14-13(7-4-8-16-14)11-5-3-6-12(9-11)17-2/h3-9,15H,10H2,1-2H3. The van der Waals surface area contributed by atoms with Gasteiger partial charge in [-0.3, -0.25) is 4.98 Å². The third-order valence-electron chi connectivity index (χ3n) is 2.62. The van der Waals surface area contributed by atoms with E-state index in [9.17, 15) is 0 Å². The van der Waals surface area contributed by atoms with E-state index in [1.165, 1.54) is 0 Å². The molecule has 2 aromatic rings. The zero-order valence-corrected chi connectivity index (χ0v) is 10.1. The van der Waals surface area contributed by atoms with Gasteiger partial charge in [0.2, 0.25) is 0 Å². The van der Waals surface area contributed by atoms with Crippen LogP contribution in [0.1, 0.15) is 5.69 Å². The van der Waals surface area contributed by atoms with Gasteiger partial charge in [0.1, 0.15) is 5.75 Å². The van der Waals surface area contributed by atoms with Crippen LogP contribution in [0.2, 0.25) is 0 Å². The minimum Gasteiger partial charge on any atom is -0.497 e. The molecule has 0 fully saturated rings. The summed E-state index contributed by atoms with van der Waals surface area (Å²) in [6.07, 6.45) is 1.82. The predicted octanol–water partition coefficient (Wildman–Crippen LogP) is 2.48. The Hall–Kier alpha value is -1.87. The second-order valence-corrected chi connectivity index (χ2v) is 3.76. The Morgan fingerprint density at radius 1 is 1.24 bits per heavy atom. The number of ether oxygens (including phenoxy) is 1. The van der Waals surface area contributed by atoms with Crippen molar-refractivity contribution in [3.05, 3.63) is 48.3 Å². The van der Waals surface area contributed by atoms with Gasteiger partial charge < -0.3 is 10.1 Å². The highest BCUT2D eigenvalue weighted by atomic mass is 16.5. The second kappa shape index (κ2) is 5.46. The van der Waals surface area contributed by atoms with Crippen LogP contribution in [0, 0.1) is 0 Å². The van der Waals surface area contributed by atoms with E-state index in [-0.39, 0.29) is 0 Å². The zero-order valence-electron chi connectivity index (χ0n) is 10.1. The molecule has 0 saturated heterocycles. The van der Waals surface area contributed by atoms with Gasteiger partial charge in [-0.2, -0.15) is 0 Å². The molecule has 0 amide bonds. The lowest BCUT2D eigenvalue weighted by atomic mass is 10.0. The number of nitrogens with zero attached hydrogens (tertiary/aromatic N) is 1.